The molecule has 0 saturated heterocycles. The minimum absolute atomic E-state index is 0.00628. The Morgan fingerprint density at radius 1 is 1.22 bits per heavy atom. The van der Waals surface area contributed by atoms with Crippen LogP contribution in [0.15, 0.2) is 36.4 Å². The van der Waals surface area contributed by atoms with E-state index in [1.807, 2.05) is 24.3 Å². The van der Waals surface area contributed by atoms with Crippen molar-refractivity contribution >= 4 is 28.2 Å². The Hall–Kier alpha value is -2.14. The van der Waals surface area contributed by atoms with Crippen LogP contribution in [0.5, 0.6) is 0 Å². The molecule has 1 atom stereocenters. The molecule has 0 aliphatic heterocycles. The molecule has 0 spiro atoms. The normalized spacial score (nSPS) is 15.5. The maximum atomic E-state index is 12.5. The number of benzene rings is 1. The third-order valence-electron chi connectivity index (χ3n) is 5.17. The quantitative estimate of drug-likeness (QED) is 0.632. The summed E-state index contributed by atoms with van der Waals surface area (Å²) in [6, 6.07) is 12.0. The largest absolute Gasteiger partial charge is 0.462 e. The summed E-state index contributed by atoms with van der Waals surface area (Å²) in [5, 5.41) is 3.59. The zero-order valence-electron chi connectivity index (χ0n) is 16.0. The Kier molecular flexibility index (Phi) is 6.67. The van der Waals surface area contributed by atoms with Gasteiger partial charge in [-0.05, 0) is 37.3 Å². The second-order valence-electron chi connectivity index (χ2n) is 7.15. The smallest absolute Gasteiger partial charge is 0.341 e. The fourth-order valence-electron chi connectivity index (χ4n) is 3.64. The van der Waals surface area contributed by atoms with Gasteiger partial charge in [0.15, 0.2) is 0 Å². The standard InChI is InChI=1S/C22H27NO3S/c1-3-26-22(25)18-14-19(15(2)17-11-5-4-6-12-17)27-21(18)23-20(24)13-16-9-7-8-10-16/h4-6,11-12,14-16H,3,7-10,13H2,1-2H3,(H,23,24). The zero-order chi connectivity index (χ0) is 19.2. The van der Waals surface area contributed by atoms with Gasteiger partial charge >= 0.3 is 5.97 Å². The Balaban J connectivity index is 1.81. The second kappa shape index (κ2) is 9.18. The monoisotopic (exact) mass is 385 g/mol. The molecule has 4 nitrogen and oxygen atoms in total. The van der Waals surface area contributed by atoms with E-state index in [0.29, 0.717) is 29.5 Å². The number of hydrogen-bond acceptors (Lipinski definition) is 4. The van der Waals surface area contributed by atoms with Crippen molar-refractivity contribution in [3.05, 3.63) is 52.4 Å². The highest BCUT2D eigenvalue weighted by atomic mass is 32.1. The average Bonchev–Trinajstić information content (AvgIpc) is 3.32. The molecule has 1 aromatic carbocycles. The Labute approximate surface area is 164 Å². The van der Waals surface area contributed by atoms with Gasteiger partial charge in [0.1, 0.15) is 5.00 Å². The van der Waals surface area contributed by atoms with Gasteiger partial charge in [-0.15, -0.1) is 11.3 Å². The molecule has 27 heavy (non-hydrogen) atoms. The molecule has 0 bridgehead atoms. The maximum Gasteiger partial charge on any atom is 0.341 e. The average molecular weight is 386 g/mol. The lowest BCUT2D eigenvalue weighted by molar-refractivity contribution is -0.117. The topological polar surface area (TPSA) is 55.4 Å². The maximum absolute atomic E-state index is 12.5. The van der Waals surface area contributed by atoms with Crippen molar-refractivity contribution in [2.45, 2.75) is 51.9 Å². The summed E-state index contributed by atoms with van der Waals surface area (Å²) in [6.45, 7) is 4.21. The number of esters is 1. The van der Waals surface area contributed by atoms with Crippen molar-refractivity contribution in [1.82, 2.24) is 0 Å². The molecule has 1 heterocycles. The molecule has 1 aliphatic carbocycles. The van der Waals surface area contributed by atoms with E-state index in [1.54, 1.807) is 6.92 Å². The Morgan fingerprint density at radius 2 is 1.93 bits per heavy atom. The van der Waals surface area contributed by atoms with Crippen LogP contribution < -0.4 is 5.32 Å². The molecule has 1 aromatic heterocycles. The van der Waals surface area contributed by atoms with Crippen LogP contribution in [0.25, 0.3) is 0 Å². The highest BCUT2D eigenvalue weighted by Gasteiger charge is 2.24. The molecule has 1 unspecified atom stereocenters. The van der Waals surface area contributed by atoms with Crippen LogP contribution in [0.3, 0.4) is 0 Å². The van der Waals surface area contributed by atoms with E-state index in [0.717, 1.165) is 17.7 Å². The first kappa shape index (κ1) is 19.6. The summed E-state index contributed by atoms with van der Waals surface area (Å²) in [7, 11) is 0. The second-order valence-corrected chi connectivity index (χ2v) is 8.23. The number of ether oxygens (including phenoxy) is 1. The highest BCUT2D eigenvalue weighted by molar-refractivity contribution is 7.16. The summed E-state index contributed by atoms with van der Waals surface area (Å²) in [4.78, 5) is 25.9. The van der Waals surface area contributed by atoms with Crippen LogP contribution in [-0.2, 0) is 9.53 Å². The van der Waals surface area contributed by atoms with Crippen LogP contribution in [0.2, 0.25) is 0 Å². The SMILES string of the molecule is CCOC(=O)c1cc(C(C)c2ccccc2)sc1NC(=O)CC1CCCC1. The number of thiophene rings is 1. The van der Waals surface area contributed by atoms with Gasteiger partial charge in [0.25, 0.3) is 0 Å². The fraction of sp³-hybridized carbons (Fsp3) is 0.455. The molecule has 1 N–H and O–H groups in total. The molecular weight excluding hydrogens is 358 g/mol. The molecule has 5 heteroatoms. The van der Waals surface area contributed by atoms with Crippen molar-refractivity contribution < 1.29 is 14.3 Å². The molecule has 1 amide bonds. The summed E-state index contributed by atoms with van der Waals surface area (Å²) in [5.74, 6) is 0.230. The number of amides is 1. The van der Waals surface area contributed by atoms with Gasteiger partial charge in [0, 0.05) is 17.2 Å². The molecule has 1 saturated carbocycles. The van der Waals surface area contributed by atoms with Crippen molar-refractivity contribution in [1.29, 1.82) is 0 Å². The first-order chi connectivity index (χ1) is 13.1. The van der Waals surface area contributed by atoms with E-state index in [1.165, 1.54) is 29.7 Å². The third kappa shape index (κ3) is 4.98. The third-order valence-corrected chi connectivity index (χ3v) is 6.41. The van der Waals surface area contributed by atoms with Crippen molar-refractivity contribution in [2.75, 3.05) is 11.9 Å². The van der Waals surface area contributed by atoms with E-state index >= 15 is 0 Å². The van der Waals surface area contributed by atoms with Crippen molar-refractivity contribution in [2.24, 2.45) is 5.92 Å². The number of carbonyl (C=O) groups excluding carboxylic acids is 2. The predicted molar refractivity (Wildman–Crippen MR) is 109 cm³/mol. The summed E-state index contributed by atoms with van der Waals surface area (Å²) >= 11 is 1.47. The molecule has 1 aliphatic rings. The fourth-order valence-corrected chi connectivity index (χ4v) is 4.78. The number of anilines is 1. The predicted octanol–water partition coefficient (Wildman–Crippen LogP) is 5.60. The van der Waals surface area contributed by atoms with Gasteiger partial charge in [-0.3, -0.25) is 4.79 Å². The first-order valence-electron chi connectivity index (χ1n) is 9.74. The summed E-state index contributed by atoms with van der Waals surface area (Å²) in [6.07, 6.45) is 5.20. The van der Waals surface area contributed by atoms with E-state index in [-0.39, 0.29) is 17.8 Å². The molecule has 0 radical (unpaired) electrons. The van der Waals surface area contributed by atoms with Crippen LogP contribution in [0.4, 0.5) is 5.00 Å². The summed E-state index contributed by atoms with van der Waals surface area (Å²) in [5.41, 5.74) is 1.64. The summed E-state index contributed by atoms with van der Waals surface area (Å²) < 4.78 is 5.20. The van der Waals surface area contributed by atoms with Crippen molar-refractivity contribution in [3.63, 3.8) is 0 Å². The molecule has 3 rings (SSSR count). The van der Waals surface area contributed by atoms with Gasteiger partial charge < -0.3 is 10.1 Å². The number of nitrogens with one attached hydrogen (secondary N) is 1. The van der Waals surface area contributed by atoms with Gasteiger partial charge in [-0.1, -0.05) is 50.1 Å². The van der Waals surface area contributed by atoms with Gasteiger partial charge in [-0.2, -0.15) is 0 Å². The lowest BCUT2D eigenvalue weighted by atomic mass is 9.99. The van der Waals surface area contributed by atoms with E-state index < -0.39 is 0 Å². The Bertz CT molecular complexity index is 778. The minimum Gasteiger partial charge on any atom is -0.462 e. The van der Waals surface area contributed by atoms with Crippen LogP contribution >= 0.6 is 11.3 Å². The lowest BCUT2D eigenvalue weighted by Gasteiger charge is -2.10. The molecule has 1 fully saturated rings. The van der Waals surface area contributed by atoms with E-state index in [2.05, 4.69) is 24.4 Å². The first-order valence-corrected chi connectivity index (χ1v) is 10.6. The number of rotatable bonds is 7. The molecule has 144 valence electrons. The van der Waals surface area contributed by atoms with E-state index in [4.69, 9.17) is 4.74 Å². The number of carbonyl (C=O) groups is 2. The van der Waals surface area contributed by atoms with Crippen molar-refractivity contribution in [3.8, 4) is 0 Å². The van der Waals surface area contributed by atoms with Crippen LogP contribution in [-0.4, -0.2) is 18.5 Å². The van der Waals surface area contributed by atoms with Gasteiger partial charge in [0.05, 0.1) is 12.2 Å². The minimum atomic E-state index is -0.378. The lowest BCUT2D eigenvalue weighted by Crippen LogP contribution is -2.16. The van der Waals surface area contributed by atoms with Crippen LogP contribution in [0, 0.1) is 5.92 Å². The molecule has 2 aromatic rings. The van der Waals surface area contributed by atoms with Gasteiger partial charge in [-0.25, -0.2) is 4.79 Å². The van der Waals surface area contributed by atoms with E-state index in [9.17, 15) is 9.59 Å². The highest BCUT2D eigenvalue weighted by Crippen LogP contribution is 2.37. The Morgan fingerprint density at radius 3 is 2.59 bits per heavy atom. The zero-order valence-corrected chi connectivity index (χ0v) is 16.8. The molecular formula is C22H27NO3S. The van der Waals surface area contributed by atoms with Gasteiger partial charge in [0.2, 0.25) is 5.91 Å². The number of hydrogen-bond donors (Lipinski definition) is 1. The van der Waals surface area contributed by atoms with Crippen LogP contribution in [0.1, 0.15) is 72.7 Å².